The van der Waals surface area contributed by atoms with Gasteiger partial charge in [0.05, 0.1) is 0 Å². The van der Waals surface area contributed by atoms with E-state index in [4.69, 9.17) is 0 Å². The van der Waals surface area contributed by atoms with E-state index >= 15 is 0 Å². The fourth-order valence-electron chi connectivity index (χ4n) is 3.85. The van der Waals surface area contributed by atoms with Gasteiger partial charge in [0.2, 0.25) is 0 Å². The maximum atomic E-state index is 12.7. The van der Waals surface area contributed by atoms with Crippen LogP contribution in [-0.4, -0.2) is 21.9 Å². The van der Waals surface area contributed by atoms with Crippen molar-refractivity contribution in [1.29, 1.82) is 0 Å². The van der Waals surface area contributed by atoms with Gasteiger partial charge in [0.25, 0.3) is 5.91 Å². The molecule has 1 aliphatic rings. The Kier molecular flexibility index (Phi) is 6.38. The third kappa shape index (κ3) is 5.23. The lowest BCUT2D eigenvalue weighted by Gasteiger charge is -2.16. The smallest absolute Gasteiger partial charge is 0.251 e. The molecule has 5 heteroatoms. The van der Waals surface area contributed by atoms with Crippen LogP contribution in [0.2, 0.25) is 0 Å². The average Bonchev–Trinajstić information content (AvgIpc) is 3.03. The van der Waals surface area contributed by atoms with Gasteiger partial charge in [-0.3, -0.25) is 4.79 Å². The molecule has 30 heavy (non-hydrogen) atoms. The molecule has 1 saturated carbocycles. The van der Waals surface area contributed by atoms with Crippen LogP contribution in [0.3, 0.4) is 0 Å². The van der Waals surface area contributed by atoms with Crippen molar-refractivity contribution < 1.29 is 4.79 Å². The van der Waals surface area contributed by atoms with Crippen LogP contribution in [0, 0.1) is 6.92 Å². The van der Waals surface area contributed by atoms with Crippen molar-refractivity contribution >= 4 is 17.4 Å². The summed E-state index contributed by atoms with van der Waals surface area (Å²) in [5.74, 6) is 1.36. The number of hydrogen-bond acceptors (Lipinski definition) is 4. The summed E-state index contributed by atoms with van der Waals surface area (Å²) in [7, 11) is 0. The summed E-state index contributed by atoms with van der Waals surface area (Å²) >= 11 is 0. The minimum Gasteiger partial charge on any atom is -0.349 e. The van der Waals surface area contributed by atoms with Crippen molar-refractivity contribution in [1.82, 2.24) is 15.3 Å². The van der Waals surface area contributed by atoms with E-state index in [-0.39, 0.29) is 11.9 Å². The third-order valence-electron chi connectivity index (χ3n) is 5.55. The van der Waals surface area contributed by atoms with Crippen molar-refractivity contribution in [2.75, 3.05) is 5.32 Å². The molecule has 1 fully saturated rings. The first-order chi connectivity index (χ1) is 14.7. The van der Waals surface area contributed by atoms with Crippen LogP contribution in [0.15, 0.2) is 60.8 Å². The van der Waals surface area contributed by atoms with Crippen LogP contribution in [0.1, 0.15) is 54.4 Å². The molecule has 3 aromatic rings. The summed E-state index contributed by atoms with van der Waals surface area (Å²) in [5.41, 5.74) is 3.67. The number of aryl methyl sites for hydroxylation is 1. The molecule has 1 heterocycles. The molecule has 0 bridgehead atoms. The lowest BCUT2D eigenvalue weighted by molar-refractivity contribution is 0.0933. The van der Waals surface area contributed by atoms with E-state index < -0.39 is 0 Å². The number of nitrogens with one attached hydrogen (secondary N) is 2. The zero-order valence-corrected chi connectivity index (χ0v) is 17.4. The molecule has 0 aliphatic heterocycles. The van der Waals surface area contributed by atoms with Crippen LogP contribution >= 0.6 is 0 Å². The van der Waals surface area contributed by atoms with Crippen molar-refractivity contribution in [2.45, 2.75) is 51.5 Å². The summed E-state index contributed by atoms with van der Waals surface area (Å²) in [6.45, 7) is 2.06. The first kappa shape index (κ1) is 20.1. The second-order valence-electron chi connectivity index (χ2n) is 8.00. The molecule has 154 valence electrons. The predicted octanol–water partition coefficient (Wildman–Crippen LogP) is 5.65. The molecule has 0 saturated heterocycles. The van der Waals surface area contributed by atoms with Gasteiger partial charge in [-0.15, -0.1) is 0 Å². The van der Waals surface area contributed by atoms with Crippen molar-refractivity contribution in [3.8, 4) is 11.4 Å². The molecule has 2 N–H and O–H groups in total. The third-order valence-corrected chi connectivity index (χ3v) is 5.55. The van der Waals surface area contributed by atoms with E-state index in [0.29, 0.717) is 17.2 Å². The summed E-state index contributed by atoms with van der Waals surface area (Å²) in [6.07, 6.45) is 8.84. The molecule has 1 aromatic heterocycles. The lowest BCUT2D eigenvalue weighted by Crippen LogP contribution is -2.34. The highest BCUT2D eigenvalue weighted by Crippen LogP contribution is 2.21. The first-order valence-corrected chi connectivity index (χ1v) is 10.8. The Morgan fingerprint density at radius 1 is 0.967 bits per heavy atom. The number of amides is 1. The molecule has 0 radical (unpaired) electrons. The van der Waals surface area contributed by atoms with E-state index in [0.717, 1.165) is 24.1 Å². The number of rotatable bonds is 5. The van der Waals surface area contributed by atoms with Crippen LogP contribution < -0.4 is 10.6 Å². The summed E-state index contributed by atoms with van der Waals surface area (Å²) in [5, 5.41) is 6.51. The summed E-state index contributed by atoms with van der Waals surface area (Å²) in [6, 6.07) is 17.8. The molecular weight excluding hydrogens is 372 g/mol. The number of benzene rings is 2. The van der Waals surface area contributed by atoms with E-state index in [1.165, 1.54) is 31.2 Å². The minimum absolute atomic E-state index is 0.00594. The highest BCUT2D eigenvalue weighted by atomic mass is 16.1. The molecule has 1 amide bonds. The maximum Gasteiger partial charge on any atom is 0.251 e. The maximum absolute atomic E-state index is 12.7. The Bertz CT molecular complexity index is 992. The van der Waals surface area contributed by atoms with E-state index in [2.05, 4.69) is 39.7 Å². The van der Waals surface area contributed by atoms with Crippen LogP contribution in [0.25, 0.3) is 11.4 Å². The highest BCUT2D eigenvalue weighted by molar-refractivity contribution is 5.95. The van der Waals surface area contributed by atoms with Gasteiger partial charge in [0.15, 0.2) is 5.82 Å². The largest absolute Gasteiger partial charge is 0.349 e. The Labute approximate surface area is 178 Å². The molecule has 0 spiro atoms. The molecule has 5 nitrogen and oxygen atoms in total. The monoisotopic (exact) mass is 400 g/mol. The zero-order chi connectivity index (χ0) is 20.8. The van der Waals surface area contributed by atoms with Gasteiger partial charge in [-0.2, -0.15) is 0 Å². The Balaban J connectivity index is 1.46. The SMILES string of the molecule is Cc1ccc(-c2nccc(Nc3cccc(C(=O)NC4CCCCCC4)c3)n2)cc1. The topological polar surface area (TPSA) is 66.9 Å². The normalized spacial score (nSPS) is 14.7. The van der Waals surface area contributed by atoms with E-state index in [1.807, 2.05) is 42.5 Å². The molecular formula is C25H28N4O. The van der Waals surface area contributed by atoms with Crippen molar-refractivity contribution in [3.05, 3.63) is 71.9 Å². The number of hydrogen-bond donors (Lipinski definition) is 2. The van der Waals surface area contributed by atoms with Crippen LogP contribution in [0.5, 0.6) is 0 Å². The average molecular weight is 401 g/mol. The summed E-state index contributed by atoms with van der Waals surface area (Å²) in [4.78, 5) is 21.7. The van der Waals surface area contributed by atoms with Gasteiger partial charge in [-0.05, 0) is 44.0 Å². The van der Waals surface area contributed by atoms with Gasteiger partial charge in [-0.1, -0.05) is 61.6 Å². The standard InChI is InChI=1S/C25H28N4O/c1-18-11-13-19(14-12-18)24-26-16-15-23(29-24)27-22-10-6-7-20(17-22)25(30)28-21-8-4-2-3-5-9-21/h6-7,10-17,21H,2-5,8-9H2,1H3,(H,28,30)(H,26,27,29). The number of nitrogens with zero attached hydrogens (tertiary/aromatic N) is 2. The Hall–Kier alpha value is -3.21. The Morgan fingerprint density at radius 2 is 1.73 bits per heavy atom. The van der Waals surface area contributed by atoms with Crippen LogP contribution in [0.4, 0.5) is 11.5 Å². The van der Waals surface area contributed by atoms with Gasteiger partial charge < -0.3 is 10.6 Å². The van der Waals surface area contributed by atoms with Gasteiger partial charge >= 0.3 is 0 Å². The number of anilines is 2. The molecule has 0 atom stereocenters. The summed E-state index contributed by atoms with van der Waals surface area (Å²) < 4.78 is 0. The van der Waals surface area contributed by atoms with E-state index in [1.54, 1.807) is 6.20 Å². The Morgan fingerprint density at radius 3 is 2.50 bits per heavy atom. The first-order valence-electron chi connectivity index (χ1n) is 10.8. The number of carbonyl (C=O) groups excluding carboxylic acids is 1. The van der Waals surface area contributed by atoms with Crippen molar-refractivity contribution in [3.63, 3.8) is 0 Å². The highest BCUT2D eigenvalue weighted by Gasteiger charge is 2.16. The second-order valence-corrected chi connectivity index (χ2v) is 8.00. The number of aromatic nitrogens is 2. The quantitative estimate of drug-likeness (QED) is 0.543. The molecule has 4 rings (SSSR count). The number of carbonyl (C=O) groups is 1. The molecule has 2 aromatic carbocycles. The minimum atomic E-state index is -0.00594. The van der Waals surface area contributed by atoms with Gasteiger partial charge in [0, 0.05) is 29.1 Å². The second kappa shape index (κ2) is 9.53. The fourth-order valence-corrected chi connectivity index (χ4v) is 3.85. The van der Waals surface area contributed by atoms with Gasteiger partial charge in [-0.25, -0.2) is 9.97 Å². The fraction of sp³-hybridized carbons (Fsp3) is 0.320. The molecule has 0 unspecified atom stereocenters. The molecule has 1 aliphatic carbocycles. The van der Waals surface area contributed by atoms with Gasteiger partial charge in [0.1, 0.15) is 5.82 Å². The van der Waals surface area contributed by atoms with E-state index in [9.17, 15) is 4.79 Å². The zero-order valence-electron chi connectivity index (χ0n) is 17.4. The van der Waals surface area contributed by atoms with Crippen molar-refractivity contribution in [2.24, 2.45) is 0 Å². The van der Waals surface area contributed by atoms with Crippen LogP contribution in [-0.2, 0) is 0 Å². The lowest BCUT2D eigenvalue weighted by atomic mass is 10.1. The predicted molar refractivity (Wildman–Crippen MR) is 121 cm³/mol.